The van der Waals surface area contributed by atoms with Gasteiger partial charge in [-0.05, 0) is 12.5 Å². The Morgan fingerprint density at radius 2 is 2.40 bits per heavy atom. The largest absolute Gasteiger partial charge is 0.342 e. The van der Waals surface area contributed by atoms with E-state index in [1.807, 2.05) is 6.07 Å². The maximum atomic E-state index is 5.13. The number of aromatic amines is 1. The van der Waals surface area contributed by atoms with Gasteiger partial charge in [-0.15, -0.1) is 11.3 Å². The fourth-order valence-corrected chi connectivity index (χ4v) is 2.16. The Morgan fingerprint density at radius 1 is 1.53 bits per heavy atom. The summed E-state index contributed by atoms with van der Waals surface area (Å²) in [4.78, 5) is 12.6. The van der Waals surface area contributed by atoms with E-state index in [4.69, 9.17) is 12.2 Å². The topological polar surface area (TPSA) is 41.6 Å². The lowest BCUT2D eigenvalue weighted by Crippen LogP contribution is -1.94. The molecule has 5 heteroatoms. The Morgan fingerprint density at radius 3 is 3.07 bits per heavy atom. The van der Waals surface area contributed by atoms with Crippen molar-refractivity contribution in [3.63, 3.8) is 0 Å². The lowest BCUT2D eigenvalue weighted by atomic mass is 10.2. The minimum Gasteiger partial charge on any atom is -0.342 e. The van der Waals surface area contributed by atoms with Crippen molar-refractivity contribution < 1.29 is 0 Å². The van der Waals surface area contributed by atoms with Crippen LogP contribution in [0.3, 0.4) is 0 Å². The zero-order chi connectivity index (χ0) is 10.7. The van der Waals surface area contributed by atoms with E-state index in [-0.39, 0.29) is 0 Å². The van der Waals surface area contributed by atoms with Crippen molar-refractivity contribution in [1.82, 2.24) is 15.0 Å². The summed E-state index contributed by atoms with van der Waals surface area (Å²) in [5.74, 6) is 0.827. The van der Waals surface area contributed by atoms with Crippen LogP contribution in [0.1, 0.15) is 19.0 Å². The molecular formula is C10H11N3S2. The molecule has 2 heterocycles. The van der Waals surface area contributed by atoms with Crippen molar-refractivity contribution in [2.45, 2.75) is 19.8 Å². The van der Waals surface area contributed by atoms with Crippen molar-refractivity contribution >= 4 is 23.6 Å². The third kappa shape index (κ3) is 2.49. The summed E-state index contributed by atoms with van der Waals surface area (Å²) in [7, 11) is 0. The molecule has 1 N–H and O–H groups in total. The Bertz CT molecular complexity index is 488. The van der Waals surface area contributed by atoms with Gasteiger partial charge in [0.2, 0.25) is 0 Å². The van der Waals surface area contributed by atoms with Crippen LogP contribution in [0.2, 0.25) is 0 Å². The van der Waals surface area contributed by atoms with Crippen molar-refractivity contribution in [3.8, 4) is 10.7 Å². The molecule has 0 atom stereocenters. The molecule has 2 aromatic heterocycles. The average molecular weight is 237 g/mol. The minimum atomic E-state index is 0.639. The van der Waals surface area contributed by atoms with Crippen molar-refractivity contribution in [2.24, 2.45) is 0 Å². The number of nitrogens with zero attached hydrogens (tertiary/aromatic N) is 2. The zero-order valence-electron chi connectivity index (χ0n) is 8.36. The quantitative estimate of drug-likeness (QED) is 0.833. The molecule has 0 spiro atoms. The van der Waals surface area contributed by atoms with E-state index in [2.05, 4.69) is 21.9 Å². The standard InChI is InChI=1S/C10H11N3S2/c1-2-3-7-4-9(14)13-10(12-7)8-5-11-6-15-8/h4-6H,2-3H2,1H3,(H,12,13,14). The molecule has 0 aliphatic rings. The molecule has 0 aliphatic carbocycles. The summed E-state index contributed by atoms with van der Waals surface area (Å²) in [5.41, 5.74) is 2.93. The molecule has 0 aliphatic heterocycles. The van der Waals surface area contributed by atoms with E-state index in [0.717, 1.165) is 29.2 Å². The van der Waals surface area contributed by atoms with E-state index in [0.29, 0.717) is 4.64 Å². The van der Waals surface area contributed by atoms with Crippen LogP contribution in [0.5, 0.6) is 0 Å². The van der Waals surface area contributed by atoms with Gasteiger partial charge in [-0.25, -0.2) is 4.98 Å². The maximum absolute atomic E-state index is 5.13. The number of nitrogens with one attached hydrogen (secondary N) is 1. The first kappa shape index (κ1) is 10.4. The van der Waals surface area contributed by atoms with Gasteiger partial charge >= 0.3 is 0 Å². The molecule has 0 radical (unpaired) electrons. The lowest BCUT2D eigenvalue weighted by Gasteiger charge is -2.02. The SMILES string of the molecule is CCCc1cc(=S)nc(-c2cncs2)[nH]1. The molecule has 0 bridgehead atoms. The minimum absolute atomic E-state index is 0.639. The summed E-state index contributed by atoms with van der Waals surface area (Å²) < 4.78 is 0.639. The second-order valence-corrected chi connectivity index (χ2v) is 4.51. The summed E-state index contributed by atoms with van der Waals surface area (Å²) in [6, 6.07) is 1.92. The van der Waals surface area contributed by atoms with Crippen LogP contribution >= 0.6 is 23.6 Å². The van der Waals surface area contributed by atoms with Crippen LogP contribution in [-0.4, -0.2) is 15.0 Å². The maximum Gasteiger partial charge on any atom is 0.150 e. The number of hydrogen-bond donors (Lipinski definition) is 1. The van der Waals surface area contributed by atoms with E-state index in [1.165, 1.54) is 0 Å². The predicted octanol–water partition coefficient (Wildman–Crippen LogP) is 3.22. The first-order valence-electron chi connectivity index (χ1n) is 4.78. The van der Waals surface area contributed by atoms with E-state index >= 15 is 0 Å². The van der Waals surface area contributed by atoms with E-state index < -0.39 is 0 Å². The first-order valence-corrected chi connectivity index (χ1v) is 6.07. The Hall–Kier alpha value is -1.07. The Kier molecular flexibility index (Phi) is 3.23. The smallest absolute Gasteiger partial charge is 0.150 e. The van der Waals surface area contributed by atoms with Crippen LogP contribution in [-0.2, 0) is 6.42 Å². The lowest BCUT2D eigenvalue weighted by molar-refractivity contribution is 0.874. The third-order valence-electron chi connectivity index (χ3n) is 1.98. The van der Waals surface area contributed by atoms with Crippen LogP contribution in [0.4, 0.5) is 0 Å². The molecule has 2 aromatic rings. The van der Waals surface area contributed by atoms with Gasteiger partial charge in [0.15, 0.2) is 5.82 Å². The average Bonchev–Trinajstić information content (AvgIpc) is 2.70. The van der Waals surface area contributed by atoms with E-state index in [9.17, 15) is 0 Å². The predicted molar refractivity (Wildman–Crippen MR) is 64.5 cm³/mol. The van der Waals surface area contributed by atoms with Gasteiger partial charge < -0.3 is 4.98 Å². The van der Waals surface area contributed by atoms with Crippen molar-refractivity contribution in [3.05, 3.63) is 28.1 Å². The summed E-state index contributed by atoms with van der Waals surface area (Å²) >= 11 is 6.69. The van der Waals surface area contributed by atoms with Crippen LogP contribution < -0.4 is 0 Å². The Balaban J connectivity index is 2.44. The van der Waals surface area contributed by atoms with Gasteiger partial charge in [0, 0.05) is 11.9 Å². The van der Waals surface area contributed by atoms with Gasteiger partial charge in [-0.1, -0.05) is 25.6 Å². The fraction of sp³-hybridized carbons (Fsp3) is 0.300. The highest BCUT2D eigenvalue weighted by molar-refractivity contribution is 7.71. The highest BCUT2D eigenvalue weighted by Crippen LogP contribution is 2.19. The highest BCUT2D eigenvalue weighted by atomic mass is 32.1. The molecule has 0 saturated heterocycles. The van der Waals surface area contributed by atoms with Gasteiger partial charge in [0.05, 0.1) is 10.4 Å². The van der Waals surface area contributed by atoms with Crippen molar-refractivity contribution in [1.29, 1.82) is 0 Å². The number of aromatic nitrogens is 3. The van der Waals surface area contributed by atoms with E-state index in [1.54, 1.807) is 23.0 Å². The first-order chi connectivity index (χ1) is 7.29. The number of rotatable bonds is 3. The number of H-pyrrole nitrogens is 1. The highest BCUT2D eigenvalue weighted by Gasteiger charge is 2.03. The molecule has 0 saturated carbocycles. The molecule has 0 unspecified atom stereocenters. The third-order valence-corrected chi connectivity index (χ3v) is 2.97. The molecule has 0 amide bonds. The van der Waals surface area contributed by atoms with Gasteiger partial charge in [-0.2, -0.15) is 0 Å². The molecule has 0 fully saturated rings. The Labute approximate surface area is 97.2 Å². The fourth-order valence-electron chi connectivity index (χ4n) is 1.36. The van der Waals surface area contributed by atoms with Gasteiger partial charge in [0.25, 0.3) is 0 Å². The monoisotopic (exact) mass is 237 g/mol. The van der Waals surface area contributed by atoms with Crippen LogP contribution in [0.25, 0.3) is 10.7 Å². The van der Waals surface area contributed by atoms with Gasteiger partial charge in [-0.3, -0.25) is 4.98 Å². The molecule has 2 rings (SSSR count). The molecule has 0 aromatic carbocycles. The number of hydrogen-bond acceptors (Lipinski definition) is 4. The van der Waals surface area contributed by atoms with Crippen LogP contribution in [0.15, 0.2) is 17.8 Å². The summed E-state index contributed by atoms with van der Waals surface area (Å²) in [6.45, 7) is 2.14. The number of thiazole rings is 1. The molecule has 78 valence electrons. The summed E-state index contributed by atoms with van der Waals surface area (Å²) in [5, 5.41) is 0. The molecule has 3 nitrogen and oxygen atoms in total. The van der Waals surface area contributed by atoms with Gasteiger partial charge in [0.1, 0.15) is 4.64 Å². The zero-order valence-corrected chi connectivity index (χ0v) is 9.99. The second kappa shape index (κ2) is 4.63. The molecular weight excluding hydrogens is 226 g/mol. The normalized spacial score (nSPS) is 10.5. The molecule has 15 heavy (non-hydrogen) atoms. The second-order valence-electron chi connectivity index (χ2n) is 3.21. The van der Waals surface area contributed by atoms with Crippen LogP contribution in [0, 0.1) is 4.64 Å². The van der Waals surface area contributed by atoms with Crippen molar-refractivity contribution in [2.75, 3.05) is 0 Å². The summed E-state index contributed by atoms with van der Waals surface area (Å²) in [6.07, 6.45) is 3.89. The number of aryl methyl sites for hydroxylation is 1.